The molecule has 0 aliphatic carbocycles. The summed E-state index contributed by atoms with van der Waals surface area (Å²) in [5.74, 6) is -0.987. The van der Waals surface area contributed by atoms with Gasteiger partial charge in [-0.3, -0.25) is 9.59 Å². The van der Waals surface area contributed by atoms with Crippen LogP contribution < -0.4 is 10.1 Å². The Morgan fingerprint density at radius 3 is 2.45 bits per heavy atom. The number of benzene rings is 2. The van der Waals surface area contributed by atoms with Crippen LogP contribution in [-0.4, -0.2) is 18.3 Å². The number of carbonyl (C=O) groups excluding carboxylic acids is 2. The quantitative estimate of drug-likeness (QED) is 0.819. The molecule has 0 spiro atoms. The van der Waals surface area contributed by atoms with Crippen molar-refractivity contribution in [1.82, 2.24) is 0 Å². The standard InChI is InChI=1S/C16H13BrFNO3/c1-10(20)19-13-5-2-11(3-6-13)15(21)9-22-16-7-4-12(17)8-14(16)18/h2-8H,9H2,1H3,(H,19,20). The number of amides is 1. The van der Waals surface area contributed by atoms with Crippen LogP contribution in [0.3, 0.4) is 0 Å². The summed E-state index contributed by atoms with van der Waals surface area (Å²) >= 11 is 3.14. The summed E-state index contributed by atoms with van der Waals surface area (Å²) in [6, 6.07) is 10.7. The molecule has 6 heteroatoms. The van der Waals surface area contributed by atoms with Gasteiger partial charge in [-0.15, -0.1) is 0 Å². The Labute approximate surface area is 135 Å². The fraction of sp³-hybridized carbons (Fsp3) is 0.125. The van der Waals surface area contributed by atoms with Crippen molar-refractivity contribution in [3.63, 3.8) is 0 Å². The molecule has 0 saturated carbocycles. The Kier molecular flexibility index (Phi) is 5.27. The van der Waals surface area contributed by atoms with Gasteiger partial charge in [-0.05, 0) is 42.5 Å². The van der Waals surface area contributed by atoms with Gasteiger partial charge in [-0.1, -0.05) is 15.9 Å². The smallest absolute Gasteiger partial charge is 0.221 e. The molecule has 22 heavy (non-hydrogen) atoms. The topological polar surface area (TPSA) is 55.4 Å². The summed E-state index contributed by atoms with van der Waals surface area (Å²) < 4.78 is 19.4. The van der Waals surface area contributed by atoms with E-state index in [0.717, 1.165) is 0 Å². The second kappa shape index (κ2) is 7.17. The van der Waals surface area contributed by atoms with E-state index in [1.54, 1.807) is 30.3 Å². The molecule has 0 unspecified atom stereocenters. The van der Waals surface area contributed by atoms with Gasteiger partial charge >= 0.3 is 0 Å². The van der Waals surface area contributed by atoms with Crippen molar-refractivity contribution >= 4 is 33.3 Å². The van der Waals surface area contributed by atoms with Crippen LogP contribution in [0.4, 0.5) is 10.1 Å². The van der Waals surface area contributed by atoms with Crippen LogP contribution in [-0.2, 0) is 4.79 Å². The van der Waals surface area contributed by atoms with E-state index in [9.17, 15) is 14.0 Å². The number of anilines is 1. The molecule has 2 aromatic rings. The summed E-state index contributed by atoms with van der Waals surface area (Å²) in [6.45, 7) is 1.14. The Bertz CT molecular complexity index is 701. The highest BCUT2D eigenvalue weighted by Gasteiger charge is 2.10. The lowest BCUT2D eigenvalue weighted by Gasteiger charge is -2.07. The van der Waals surface area contributed by atoms with Gasteiger partial charge in [-0.2, -0.15) is 0 Å². The van der Waals surface area contributed by atoms with Gasteiger partial charge in [-0.25, -0.2) is 4.39 Å². The Morgan fingerprint density at radius 1 is 1.18 bits per heavy atom. The summed E-state index contributed by atoms with van der Waals surface area (Å²) in [7, 11) is 0. The van der Waals surface area contributed by atoms with Crippen molar-refractivity contribution in [2.45, 2.75) is 6.92 Å². The third-order valence-electron chi connectivity index (χ3n) is 2.78. The SMILES string of the molecule is CC(=O)Nc1ccc(C(=O)COc2ccc(Br)cc2F)cc1. The molecule has 2 aromatic carbocycles. The molecule has 0 atom stereocenters. The number of hydrogen-bond acceptors (Lipinski definition) is 3. The minimum Gasteiger partial charge on any atom is -0.482 e. The molecule has 1 amide bonds. The molecule has 4 nitrogen and oxygen atoms in total. The number of nitrogens with one attached hydrogen (secondary N) is 1. The number of ketones is 1. The van der Waals surface area contributed by atoms with Crippen LogP contribution in [0.5, 0.6) is 5.75 Å². The molecule has 1 N–H and O–H groups in total. The maximum Gasteiger partial charge on any atom is 0.221 e. The van der Waals surface area contributed by atoms with E-state index >= 15 is 0 Å². The highest BCUT2D eigenvalue weighted by atomic mass is 79.9. The van der Waals surface area contributed by atoms with Gasteiger partial charge in [0, 0.05) is 22.6 Å². The van der Waals surface area contributed by atoms with E-state index in [4.69, 9.17) is 4.74 Å². The number of hydrogen-bond donors (Lipinski definition) is 1. The van der Waals surface area contributed by atoms with Gasteiger partial charge in [0.15, 0.2) is 24.0 Å². The maximum atomic E-state index is 13.6. The van der Waals surface area contributed by atoms with Crippen molar-refractivity contribution in [3.05, 3.63) is 58.3 Å². The lowest BCUT2D eigenvalue weighted by Crippen LogP contribution is -2.12. The van der Waals surface area contributed by atoms with E-state index in [2.05, 4.69) is 21.2 Å². The number of ether oxygens (including phenoxy) is 1. The van der Waals surface area contributed by atoms with Crippen molar-refractivity contribution in [3.8, 4) is 5.75 Å². The van der Waals surface area contributed by atoms with Crippen molar-refractivity contribution in [2.75, 3.05) is 11.9 Å². The maximum absolute atomic E-state index is 13.6. The third-order valence-corrected chi connectivity index (χ3v) is 3.27. The lowest BCUT2D eigenvalue weighted by molar-refractivity contribution is -0.114. The molecular formula is C16H13BrFNO3. The second-order valence-corrected chi connectivity index (χ2v) is 5.46. The third kappa shape index (κ3) is 4.39. The first-order chi connectivity index (χ1) is 10.5. The molecule has 2 rings (SSSR count). The molecule has 0 fully saturated rings. The molecule has 0 aliphatic rings. The van der Waals surface area contributed by atoms with E-state index in [1.807, 2.05) is 0 Å². The Morgan fingerprint density at radius 2 is 1.86 bits per heavy atom. The number of Topliss-reactive ketones (excluding diaryl/α,β-unsaturated/α-hetero) is 1. The molecule has 0 aromatic heterocycles. The molecular weight excluding hydrogens is 353 g/mol. The zero-order chi connectivity index (χ0) is 16.1. The predicted octanol–water partition coefficient (Wildman–Crippen LogP) is 3.81. The van der Waals surface area contributed by atoms with Crippen LogP contribution in [0.15, 0.2) is 46.9 Å². The molecule has 0 radical (unpaired) electrons. The Balaban J connectivity index is 1.98. The first-order valence-corrected chi connectivity index (χ1v) is 7.23. The van der Waals surface area contributed by atoms with E-state index in [1.165, 1.54) is 19.1 Å². The summed E-state index contributed by atoms with van der Waals surface area (Å²) in [5, 5.41) is 2.61. The van der Waals surface area contributed by atoms with Crippen LogP contribution in [0, 0.1) is 5.82 Å². The van der Waals surface area contributed by atoms with Crippen molar-refractivity contribution in [1.29, 1.82) is 0 Å². The average Bonchev–Trinajstić information content (AvgIpc) is 2.46. The van der Waals surface area contributed by atoms with Crippen LogP contribution >= 0.6 is 15.9 Å². The predicted molar refractivity (Wildman–Crippen MR) is 84.7 cm³/mol. The highest BCUT2D eigenvalue weighted by molar-refractivity contribution is 9.10. The molecule has 0 heterocycles. The number of rotatable bonds is 5. The summed E-state index contributed by atoms with van der Waals surface area (Å²) in [5.41, 5.74) is 1.02. The lowest BCUT2D eigenvalue weighted by atomic mass is 10.1. The molecule has 0 aliphatic heterocycles. The minimum absolute atomic E-state index is 0.0198. The fourth-order valence-corrected chi connectivity index (χ4v) is 2.09. The normalized spacial score (nSPS) is 10.1. The molecule has 0 bridgehead atoms. The first kappa shape index (κ1) is 16.2. The van der Waals surface area contributed by atoms with Gasteiger partial charge in [0.1, 0.15) is 0 Å². The number of carbonyl (C=O) groups is 2. The second-order valence-electron chi connectivity index (χ2n) is 4.55. The van der Waals surface area contributed by atoms with Crippen molar-refractivity contribution in [2.24, 2.45) is 0 Å². The van der Waals surface area contributed by atoms with Gasteiger partial charge in [0.25, 0.3) is 0 Å². The average molecular weight is 366 g/mol. The largest absolute Gasteiger partial charge is 0.482 e. The summed E-state index contributed by atoms with van der Waals surface area (Å²) in [6.07, 6.45) is 0. The number of halogens is 2. The van der Waals surface area contributed by atoms with Gasteiger partial charge in [0.2, 0.25) is 5.91 Å². The Hall–Kier alpha value is -2.21. The van der Waals surface area contributed by atoms with Gasteiger partial charge < -0.3 is 10.1 Å². The van der Waals surface area contributed by atoms with Crippen molar-refractivity contribution < 1.29 is 18.7 Å². The van der Waals surface area contributed by atoms with E-state index in [0.29, 0.717) is 15.7 Å². The van der Waals surface area contributed by atoms with Crippen LogP contribution in [0.1, 0.15) is 17.3 Å². The zero-order valence-corrected chi connectivity index (χ0v) is 13.3. The van der Waals surface area contributed by atoms with Crippen LogP contribution in [0.25, 0.3) is 0 Å². The van der Waals surface area contributed by atoms with Crippen LogP contribution in [0.2, 0.25) is 0 Å². The highest BCUT2D eigenvalue weighted by Crippen LogP contribution is 2.21. The monoisotopic (exact) mass is 365 g/mol. The zero-order valence-electron chi connectivity index (χ0n) is 11.7. The van der Waals surface area contributed by atoms with E-state index < -0.39 is 5.82 Å². The van der Waals surface area contributed by atoms with E-state index in [-0.39, 0.29) is 24.0 Å². The fourth-order valence-electron chi connectivity index (χ4n) is 1.76. The molecule has 0 saturated heterocycles. The first-order valence-electron chi connectivity index (χ1n) is 6.44. The van der Waals surface area contributed by atoms with Gasteiger partial charge in [0.05, 0.1) is 0 Å². The summed E-state index contributed by atoms with van der Waals surface area (Å²) in [4.78, 5) is 22.9. The molecule has 114 valence electrons. The minimum atomic E-state index is -0.539.